The molecule has 0 spiro atoms. The van der Waals surface area contributed by atoms with Crippen molar-refractivity contribution in [3.63, 3.8) is 0 Å². The zero-order chi connectivity index (χ0) is 14.7. The van der Waals surface area contributed by atoms with E-state index in [4.69, 9.17) is 4.42 Å². The maximum absolute atomic E-state index is 5.47. The molecule has 0 saturated carbocycles. The van der Waals surface area contributed by atoms with Crippen LogP contribution in [0.4, 0.5) is 5.82 Å². The van der Waals surface area contributed by atoms with Crippen LogP contribution in [0, 0.1) is 6.92 Å². The predicted molar refractivity (Wildman–Crippen MR) is 81.0 cm³/mol. The second kappa shape index (κ2) is 5.87. The van der Waals surface area contributed by atoms with E-state index < -0.39 is 0 Å². The van der Waals surface area contributed by atoms with Gasteiger partial charge in [0.2, 0.25) is 5.89 Å². The fourth-order valence-electron chi connectivity index (χ4n) is 2.17. The number of hydrogen-bond acceptors (Lipinski definition) is 6. The summed E-state index contributed by atoms with van der Waals surface area (Å²) in [4.78, 5) is 0. The number of benzene rings is 1. The van der Waals surface area contributed by atoms with Gasteiger partial charge in [0.05, 0.1) is 0 Å². The summed E-state index contributed by atoms with van der Waals surface area (Å²) in [7, 11) is 0. The molecule has 0 radical (unpaired) electrons. The fraction of sp³-hybridized carbons (Fsp3) is 0.333. The van der Waals surface area contributed by atoms with Crippen LogP contribution in [0.2, 0.25) is 0 Å². The average molecular weight is 283 g/mol. The highest BCUT2D eigenvalue weighted by molar-refractivity contribution is 5.98. The Bertz CT molecular complexity index is 753. The van der Waals surface area contributed by atoms with Crippen LogP contribution >= 0.6 is 0 Å². The Hall–Kier alpha value is -2.50. The van der Waals surface area contributed by atoms with Gasteiger partial charge in [-0.1, -0.05) is 37.6 Å². The lowest BCUT2D eigenvalue weighted by atomic mass is 10.1. The summed E-state index contributed by atoms with van der Waals surface area (Å²) in [5, 5.41) is 21.7. The number of hydrogen-bond donors (Lipinski definition) is 1. The van der Waals surface area contributed by atoms with Crippen molar-refractivity contribution in [3.05, 3.63) is 30.2 Å². The molecule has 6 heteroatoms. The highest BCUT2D eigenvalue weighted by atomic mass is 16.4. The number of aromatic nitrogens is 4. The molecule has 0 aliphatic heterocycles. The Kier molecular flexibility index (Phi) is 3.77. The van der Waals surface area contributed by atoms with Gasteiger partial charge < -0.3 is 9.73 Å². The van der Waals surface area contributed by atoms with Gasteiger partial charge in [-0.25, -0.2) is 0 Å². The van der Waals surface area contributed by atoms with Gasteiger partial charge in [0, 0.05) is 24.2 Å². The van der Waals surface area contributed by atoms with Crippen molar-refractivity contribution in [2.75, 3.05) is 11.9 Å². The Morgan fingerprint density at radius 3 is 2.57 bits per heavy atom. The highest BCUT2D eigenvalue weighted by Crippen LogP contribution is 2.28. The van der Waals surface area contributed by atoms with Gasteiger partial charge in [-0.3, -0.25) is 0 Å². The van der Waals surface area contributed by atoms with Crippen LogP contribution in [0.1, 0.15) is 25.7 Å². The van der Waals surface area contributed by atoms with E-state index in [-0.39, 0.29) is 0 Å². The summed E-state index contributed by atoms with van der Waals surface area (Å²) in [5.74, 6) is 1.70. The Balaban J connectivity index is 2.06. The van der Waals surface area contributed by atoms with Crippen molar-refractivity contribution in [1.29, 1.82) is 0 Å². The zero-order valence-electron chi connectivity index (χ0n) is 12.1. The smallest absolute Gasteiger partial charge is 0.268 e. The molecule has 0 amide bonds. The summed E-state index contributed by atoms with van der Waals surface area (Å²) in [5.41, 5.74) is 0.618. The molecule has 0 atom stereocenters. The van der Waals surface area contributed by atoms with Gasteiger partial charge in [0.1, 0.15) is 0 Å². The van der Waals surface area contributed by atoms with Gasteiger partial charge in [-0.2, -0.15) is 0 Å². The molecule has 6 nitrogen and oxygen atoms in total. The van der Waals surface area contributed by atoms with E-state index in [0.717, 1.165) is 36.0 Å². The zero-order valence-corrected chi connectivity index (χ0v) is 12.1. The number of aryl methyl sites for hydroxylation is 1. The van der Waals surface area contributed by atoms with Gasteiger partial charge in [0.25, 0.3) is 5.89 Å². The Morgan fingerprint density at radius 2 is 1.86 bits per heavy atom. The van der Waals surface area contributed by atoms with E-state index in [9.17, 15) is 0 Å². The van der Waals surface area contributed by atoms with E-state index in [0.29, 0.717) is 17.5 Å². The molecule has 0 aliphatic rings. The molecular weight excluding hydrogens is 266 g/mol. The number of nitrogens with one attached hydrogen (secondary N) is 1. The summed E-state index contributed by atoms with van der Waals surface area (Å²) in [6.45, 7) is 4.80. The van der Waals surface area contributed by atoms with Crippen molar-refractivity contribution < 1.29 is 4.42 Å². The van der Waals surface area contributed by atoms with Crippen LogP contribution in [0.5, 0.6) is 0 Å². The minimum atomic E-state index is 0.399. The Labute approximate surface area is 122 Å². The highest BCUT2D eigenvalue weighted by Gasteiger charge is 2.15. The molecule has 21 heavy (non-hydrogen) atoms. The molecule has 108 valence electrons. The third kappa shape index (κ3) is 2.69. The lowest BCUT2D eigenvalue weighted by Crippen LogP contribution is -2.05. The van der Waals surface area contributed by atoms with Crippen molar-refractivity contribution in [2.24, 2.45) is 0 Å². The maximum Gasteiger partial charge on any atom is 0.268 e. The molecule has 1 N–H and O–H groups in total. The summed E-state index contributed by atoms with van der Waals surface area (Å²) < 4.78 is 5.47. The number of rotatable bonds is 5. The first-order chi connectivity index (χ1) is 10.3. The van der Waals surface area contributed by atoms with Crippen molar-refractivity contribution in [3.8, 4) is 11.6 Å². The van der Waals surface area contributed by atoms with Gasteiger partial charge in [-0.05, 0) is 6.42 Å². The molecule has 2 aromatic heterocycles. The fourth-order valence-corrected chi connectivity index (χ4v) is 2.17. The summed E-state index contributed by atoms with van der Waals surface area (Å²) in [6.07, 6.45) is 2.23. The molecule has 2 heterocycles. The van der Waals surface area contributed by atoms with Crippen LogP contribution < -0.4 is 5.32 Å². The molecular formula is C15H17N5O. The predicted octanol–water partition coefficient (Wildman–Crippen LogP) is 3.20. The van der Waals surface area contributed by atoms with Crippen LogP contribution in [-0.4, -0.2) is 26.9 Å². The van der Waals surface area contributed by atoms with E-state index in [2.05, 4.69) is 32.6 Å². The number of anilines is 1. The molecule has 0 unspecified atom stereocenters. The van der Waals surface area contributed by atoms with E-state index >= 15 is 0 Å². The van der Waals surface area contributed by atoms with E-state index in [1.54, 1.807) is 6.92 Å². The molecule has 0 saturated heterocycles. The number of nitrogens with zero attached hydrogens (tertiary/aromatic N) is 4. The van der Waals surface area contributed by atoms with Gasteiger partial charge in [0.15, 0.2) is 11.5 Å². The summed E-state index contributed by atoms with van der Waals surface area (Å²) in [6, 6.07) is 7.96. The van der Waals surface area contributed by atoms with Gasteiger partial charge >= 0.3 is 0 Å². The molecule has 0 bridgehead atoms. The molecule has 1 aromatic carbocycles. The minimum absolute atomic E-state index is 0.399. The quantitative estimate of drug-likeness (QED) is 0.724. The van der Waals surface area contributed by atoms with E-state index in [1.807, 2.05) is 24.3 Å². The van der Waals surface area contributed by atoms with Crippen LogP contribution in [0.25, 0.3) is 22.4 Å². The van der Waals surface area contributed by atoms with Crippen LogP contribution in [0.3, 0.4) is 0 Å². The number of unbranched alkanes of at least 4 members (excludes halogenated alkanes) is 1. The SMILES string of the molecule is CCCCNc1nnc(-c2nnc(C)o2)c2ccccc12. The standard InChI is InChI=1S/C15H17N5O/c1-3-4-9-16-14-12-8-6-5-7-11(12)13(18-19-14)15-20-17-10(2)21-15/h5-8H,3-4,9H2,1-2H3,(H,16,19). The summed E-state index contributed by atoms with van der Waals surface area (Å²) >= 11 is 0. The first kappa shape index (κ1) is 13.5. The molecule has 3 aromatic rings. The van der Waals surface area contributed by atoms with Crippen molar-refractivity contribution in [1.82, 2.24) is 20.4 Å². The monoisotopic (exact) mass is 283 g/mol. The lowest BCUT2D eigenvalue weighted by molar-refractivity contribution is 0.531. The third-order valence-electron chi connectivity index (χ3n) is 3.24. The lowest BCUT2D eigenvalue weighted by Gasteiger charge is -2.09. The second-order valence-electron chi connectivity index (χ2n) is 4.85. The first-order valence-electron chi connectivity index (χ1n) is 7.09. The average Bonchev–Trinajstić information content (AvgIpc) is 2.94. The minimum Gasteiger partial charge on any atom is -0.420 e. The first-order valence-corrected chi connectivity index (χ1v) is 7.09. The largest absolute Gasteiger partial charge is 0.420 e. The normalized spacial score (nSPS) is 11.0. The third-order valence-corrected chi connectivity index (χ3v) is 3.24. The van der Waals surface area contributed by atoms with Gasteiger partial charge in [-0.15, -0.1) is 20.4 Å². The van der Waals surface area contributed by atoms with Crippen molar-refractivity contribution in [2.45, 2.75) is 26.7 Å². The molecule has 3 rings (SSSR count). The van der Waals surface area contributed by atoms with Crippen LogP contribution in [-0.2, 0) is 0 Å². The Morgan fingerprint density at radius 1 is 1.05 bits per heavy atom. The van der Waals surface area contributed by atoms with E-state index in [1.165, 1.54) is 0 Å². The van der Waals surface area contributed by atoms with Crippen molar-refractivity contribution >= 4 is 16.6 Å². The van der Waals surface area contributed by atoms with Crippen LogP contribution in [0.15, 0.2) is 28.7 Å². The molecule has 0 fully saturated rings. The topological polar surface area (TPSA) is 76.7 Å². The molecule has 0 aliphatic carbocycles. The maximum atomic E-state index is 5.47. The second-order valence-corrected chi connectivity index (χ2v) is 4.85. The number of fused-ring (bicyclic) bond motifs is 1.